The second-order valence-electron chi connectivity index (χ2n) is 4.35. The first-order valence-electron chi connectivity index (χ1n) is 5.80. The number of aliphatic hydroxyl groups excluding tert-OH is 1. The van der Waals surface area contributed by atoms with Gasteiger partial charge >= 0.3 is 0 Å². The molecule has 96 valence electrons. The Morgan fingerprint density at radius 1 is 1.47 bits per heavy atom. The lowest BCUT2D eigenvalue weighted by Gasteiger charge is -2.06. The Labute approximate surface area is 106 Å². The Kier molecular flexibility index (Phi) is 4.19. The van der Waals surface area contributed by atoms with Gasteiger partial charge in [-0.2, -0.15) is 0 Å². The molecule has 1 aliphatic rings. The van der Waals surface area contributed by atoms with Crippen LogP contribution in [0.1, 0.15) is 30.6 Å². The van der Waals surface area contributed by atoms with E-state index in [0.717, 1.165) is 18.8 Å². The molecule has 1 aromatic rings. The molecule has 0 saturated heterocycles. The summed E-state index contributed by atoms with van der Waals surface area (Å²) in [7, 11) is -3.44. The number of sulfonamides is 1. The summed E-state index contributed by atoms with van der Waals surface area (Å²) in [5.74, 6) is 0.827. The largest absolute Gasteiger partial charge is 0.391 e. The van der Waals surface area contributed by atoms with Crippen molar-refractivity contribution in [1.29, 1.82) is 0 Å². The fraction of sp³-hybridized carbons (Fsp3) is 0.636. The maximum Gasteiger partial charge on any atom is 0.241 e. The highest BCUT2D eigenvalue weighted by atomic mass is 32.2. The highest BCUT2D eigenvalue weighted by Crippen LogP contribution is 2.33. The van der Waals surface area contributed by atoms with E-state index in [0.29, 0.717) is 11.4 Å². The van der Waals surface area contributed by atoms with E-state index in [-0.39, 0.29) is 11.5 Å². The summed E-state index contributed by atoms with van der Waals surface area (Å²) in [6, 6.07) is 1.54. The van der Waals surface area contributed by atoms with Crippen molar-refractivity contribution in [1.82, 2.24) is 4.72 Å². The molecule has 1 saturated carbocycles. The first-order chi connectivity index (χ1) is 8.13. The number of hydrogen-bond acceptors (Lipinski definition) is 4. The Bertz CT molecular complexity index is 463. The number of hydrogen-bond donors (Lipinski definition) is 2. The van der Waals surface area contributed by atoms with Crippen molar-refractivity contribution < 1.29 is 13.5 Å². The molecule has 1 aromatic heterocycles. The van der Waals surface area contributed by atoms with Crippen LogP contribution in [0.25, 0.3) is 0 Å². The number of thiophene rings is 1. The van der Waals surface area contributed by atoms with E-state index in [2.05, 4.69) is 4.72 Å². The molecule has 0 amide bonds. The third kappa shape index (κ3) is 3.51. The molecule has 2 N–H and O–H groups in total. The van der Waals surface area contributed by atoms with Crippen molar-refractivity contribution in [3.63, 3.8) is 0 Å². The van der Waals surface area contributed by atoms with Crippen LogP contribution in [-0.2, 0) is 16.6 Å². The lowest BCUT2D eigenvalue weighted by Crippen LogP contribution is -2.25. The summed E-state index contributed by atoms with van der Waals surface area (Å²) in [6.45, 7) is 0.259. The monoisotopic (exact) mass is 275 g/mol. The molecule has 17 heavy (non-hydrogen) atoms. The zero-order chi connectivity index (χ0) is 12.3. The molecular formula is C11H17NO3S2. The fourth-order valence-corrected chi connectivity index (χ4v) is 4.13. The Hall–Kier alpha value is -0.430. The van der Waals surface area contributed by atoms with Crippen LogP contribution in [0.5, 0.6) is 0 Å². The molecule has 2 rings (SSSR count). The molecule has 0 aromatic carbocycles. The van der Waals surface area contributed by atoms with Crippen molar-refractivity contribution in [3.8, 4) is 0 Å². The van der Waals surface area contributed by atoms with Gasteiger partial charge in [0, 0.05) is 11.4 Å². The van der Waals surface area contributed by atoms with Gasteiger partial charge in [0.15, 0.2) is 0 Å². The minimum atomic E-state index is -3.44. The predicted molar refractivity (Wildman–Crippen MR) is 67.4 cm³/mol. The number of nitrogens with one attached hydrogen (secondary N) is 1. The summed E-state index contributed by atoms with van der Waals surface area (Å²) in [5, 5.41) is 10.7. The maximum absolute atomic E-state index is 11.9. The molecule has 0 bridgehead atoms. The Morgan fingerprint density at radius 2 is 2.24 bits per heavy atom. The summed E-state index contributed by atoms with van der Waals surface area (Å²) < 4.78 is 26.4. The van der Waals surface area contributed by atoms with Gasteiger partial charge in [-0.15, -0.1) is 11.3 Å². The molecule has 1 fully saturated rings. The Morgan fingerprint density at radius 3 is 2.88 bits per heavy atom. The van der Waals surface area contributed by atoms with Gasteiger partial charge in [-0.25, -0.2) is 13.1 Å². The SMILES string of the molecule is O=S(=O)(NCCCC1CC1)c1ccsc1CO. The first kappa shape index (κ1) is 13.0. The quantitative estimate of drug-likeness (QED) is 0.744. The van der Waals surface area contributed by atoms with E-state index >= 15 is 0 Å². The smallest absolute Gasteiger partial charge is 0.241 e. The minimum absolute atomic E-state index is 0.219. The third-order valence-electron chi connectivity index (χ3n) is 2.92. The molecule has 0 atom stereocenters. The standard InChI is InChI=1S/C11H17NO3S2/c13-8-10-11(5-7-16-10)17(14,15)12-6-1-2-9-3-4-9/h5,7,9,12-13H,1-4,6,8H2. The van der Waals surface area contributed by atoms with Gasteiger partial charge in [0.2, 0.25) is 10.0 Å². The van der Waals surface area contributed by atoms with E-state index in [1.54, 1.807) is 11.4 Å². The van der Waals surface area contributed by atoms with Gasteiger partial charge in [-0.1, -0.05) is 12.8 Å². The van der Waals surface area contributed by atoms with Crippen LogP contribution in [0.2, 0.25) is 0 Å². The van der Waals surface area contributed by atoms with Crippen LogP contribution >= 0.6 is 11.3 Å². The van der Waals surface area contributed by atoms with E-state index in [9.17, 15) is 8.42 Å². The van der Waals surface area contributed by atoms with Crippen molar-refractivity contribution in [2.45, 2.75) is 37.2 Å². The van der Waals surface area contributed by atoms with Crippen molar-refractivity contribution in [2.24, 2.45) is 5.92 Å². The number of aliphatic hydroxyl groups is 1. The van der Waals surface area contributed by atoms with E-state index in [4.69, 9.17) is 5.11 Å². The van der Waals surface area contributed by atoms with Crippen molar-refractivity contribution >= 4 is 21.4 Å². The zero-order valence-electron chi connectivity index (χ0n) is 9.55. The fourth-order valence-electron chi connectivity index (χ4n) is 1.77. The van der Waals surface area contributed by atoms with Crippen molar-refractivity contribution in [3.05, 3.63) is 16.3 Å². The Balaban J connectivity index is 1.88. The second-order valence-corrected chi connectivity index (χ2v) is 7.09. The summed E-state index contributed by atoms with van der Waals surface area (Å²) >= 11 is 1.26. The van der Waals surface area contributed by atoms with E-state index in [1.807, 2.05) is 0 Å². The topological polar surface area (TPSA) is 66.4 Å². The van der Waals surface area contributed by atoms with Crippen LogP contribution in [0.15, 0.2) is 16.3 Å². The highest BCUT2D eigenvalue weighted by Gasteiger charge is 2.22. The van der Waals surface area contributed by atoms with Crippen LogP contribution < -0.4 is 4.72 Å². The van der Waals surface area contributed by atoms with Crippen LogP contribution in [0.3, 0.4) is 0 Å². The van der Waals surface area contributed by atoms with Gasteiger partial charge in [0.05, 0.1) is 11.5 Å². The first-order valence-corrected chi connectivity index (χ1v) is 8.16. The van der Waals surface area contributed by atoms with Gasteiger partial charge in [-0.05, 0) is 30.2 Å². The third-order valence-corrected chi connectivity index (χ3v) is 5.50. The molecule has 1 aliphatic carbocycles. The van der Waals surface area contributed by atoms with Crippen LogP contribution in [0.4, 0.5) is 0 Å². The normalized spacial score (nSPS) is 16.3. The van der Waals surface area contributed by atoms with E-state index in [1.165, 1.54) is 24.2 Å². The summed E-state index contributed by atoms with van der Waals surface area (Å²) in [6.07, 6.45) is 4.60. The second kappa shape index (κ2) is 5.48. The molecule has 6 heteroatoms. The number of rotatable bonds is 7. The van der Waals surface area contributed by atoms with Gasteiger partial charge in [0.25, 0.3) is 0 Å². The van der Waals surface area contributed by atoms with Crippen LogP contribution in [-0.4, -0.2) is 20.1 Å². The van der Waals surface area contributed by atoms with Crippen LogP contribution in [0, 0.1) is 5.92 Å². The minimum Gasteiger partial charge on any atom is -0.391 e. The maximum atomic E-state index is 11.9. The summed E-state index contributed by atoms with van der Waals surface area (Å²) in [4.78, 5) is 0.719. The van der Waals surface area contributed by atoms with Gasteiger partial charge in [-0.3, -0.25) is 0 Å². The highest BCUT2D eigenvalue weighted by molar-refractivity contribution is 7.89. The lowest BCUT2D eigenvalue weighted by molar-refractivity contribution is 0.282. The molecule has 4 nitrogen and oxygen atoms in total. The summed E-state index contributed by atoms with van der Waals surface area (Å²) in [5.41, 5.74) is 0. The zero-order valence-corrected chi connectivity index (χ0v) is 11.2. The molecule has 1 heterocycles. The average Bonchev–Trinajstić information content (AvgIpc) is 2.98. The van der Waals surface area contributed by atoms with Gasteiger partial charge < -0.3 is 5.11 Å². The average molecular weight is 275 g/mol. The predicted octanol–water partition coefficient (Wildman–Crippen LogP) is 1.71. The molecule has 0 aliphatic heterocycles. The molecule has 0 spiro atoms. The molecular weight excluding hydrogens is 258 g/mol. The molecule has 0 unspecified atom stereocenters. The lowest BCUT2D eigenvalue weighted by atomic mass is 10.2. The van der Waals surface area contributed by atoms with Gasteiger partial charge in [0.1, 0.15) is 0 Å². The molecule has 0 radical (unpaired) electrons. The van der Waals surface area contributed by atoms with E-state index < -0.39 is 10.0 Å². The van der Waals surface area contributed by atoms with Crippen molar-refractivity contribution in [2.75, 3.05) is 6.54 Å².